The van der Waals surface area contributed by atoms with Crippen LogP contribution < -0.4 is 14.8 Å². The number of rotatable bonds is 7. The van der Waals surface area contributed by atoms with Crippen molar-refractivity contribution in [1.82, 2.24) is 0 Å². The van der Waals surface area contributed by atoms with E-state index in [0.29, 0.717) is 40.3 Å². The van der Waals surface area contributed by atoms with E-state index in [1.807, 2.05) is 30.3 Å². The van der Waals surface area contributed by atoms with Crippen molar-refractivity contribution in [3.05, 3.63) is 88.4 Å². The SMILES string of the molecule is O=C(Nc1ccc(Cl)cc1Cl)c1cccc(OCCOc2ccccc2)c1. The van der Waals surface area contributed by atoms with Crippen LogP contribution in [0.25, 0.3) is 0 Å². The van der Waals surface area contributed by atoms with Crippen LogP contribution in [-0.2, 0) is 0 Å². The van der Waals surface area contributed by atoms with Gasteiger partial charge in [0.2, 0.25) is 0 Å². The number of carbonyl (C=O) groups excluding carboxylic acids is 1. The molecule has 0 saturated carbocycles. The molecule has 0 unspecified atom stereocenters. The van der Waals surface area contributed by atoms with Crippen molar-refractivity contribution in [2.45, 2.75) is 0 Å². The minimum atomic E-state index is -0.287. The van der Waals surface area contributed by atoms with E-state index in [0.717, 1.165) is 5.75 Å². The highest BCUT2D eigenvalue weighted by Crippen LogP contribution is 2.26. The standard InChI is InChI=1S/C21H17Cl2NO3/c22-16-9-10-20(19(23)14-16)24-21(25)15-5-4-8-18(13-15)27-12-11-26-17-6-2-1-3-7-17/h1-10,13-14H,11-12H2,(H,24,25). The molecule has 4 nitrogen and oxygen atoms in total. The molecular weight excluding hydrogens is 385 g/mol. The van der Waals surface area contributed by atoms with Gasteiger partial charge in [0.25, 0.3) is 5.91 Å². The Morgan fingerprint density at radius 3 is 2.26 bits per heavy atom. The second kappa shape index (κ2) is 9.31. The summed E-state index contributed by atoms with van der Waals surface area (Å²) >= 11 is 12.0. The Labute approximate surface area is 167 Å². The molecule has 138 valence electrons. The molecule has 0 heterocycles. The average molecular weight is 402 g/mol. The van der Waals surface area contributed by atoms with Crippen LogP contribution in [0, 0.1) is 0 Å². The lowest BCUT2D eigenvalue weighted by molar-refractivity contribution is 0.102. The summed E-state index contributed by atoms with van der Waals surface area (Å²) in [6, 6.07) is 21.3. The fourth-order valence-electron chi connectivity index (χ4n) is 2.35. The van der Waals surface area contributed by atoms with E-state index in [1.165, 1.54) is 0 Å². The highest BCUT2D eigenvalue weighted by Gasteiger charge is 2.10. The number of hydrogen-bond acceptors (Lipinski definition) is 3. The number of halogens is 2. The van der Waals surface area contributed by atoms with Gasteiger partial charge in [-0.25, -0.2) is 0 Å². The van der Waals surface area contributed by atoms with Crippen LogP contribution in [0.3, 0.4) is 0 Å². The monoisotopic (exact) mass is 401 g/mol. The van der Waals surface area contributed by atoms with E-state index in [-0.39, 0.29) is 5.91 Å². The normalized spacial score (nSPS) is 10.3. The van der Waals surface area contributed by atoms with Crippen LogP contribution in [-0.4, -0.2) is 19.1 Å². The second-order valence-electron chi connectivity index (χ2n) is 5.62. The fourth-order valence-corrected chi connectivity index (χ4v) is 2.80. The summed E-state index contributed by atoms with van der Waals surface area (Å²) in [5, 5.41) is 3.64. The molecule has 3 aromatic carbocycles. The first-order chi connectivity index (χ1) is 13.1. The Bertz CT molecular complexity index is 916. The number of anilines is 1. The number of ether oxygens (including phenoxy) is 2. The van der Waals surface area contributed by atoms with Crippen LogP contribution in [0.15, 0.2) is 72.8 Å². The van der Waals surface area contributed by atoms with Crippen molar-refractivity contribution in [3.8, 4) is 11.5 Å². The number of benzene rings is 3. The lowest BCUT2D eigenvalue weighted by atomic mass is 10.2. The molecular formula is C21H17Cl2NO3. The van der Waals surface area contributed by atoms with Crippen molar-refractivity contribution in [2.24, 2.45) is 0 Å². The second-order valence-corrected chi connectivity index (χ2v) is 6.46. The van der Waals surface area contributed by atoms with Crippen molar-refractivity contribution < 1.29 is 14.3 Å². The van der Waals surface area contributed by atoms with E-state index in [1.54, 1.807) is 42.5 Å². The molecule has 3 aromatic rings. The molecule has 0 fully saturated rings. The smallest absolute Gasteiger partial charge is 0.255 e. The van der Waals surface area contributed by atoms with Crippen molar-refractivity contribution in [3.63, 3.8) is 0 Å². The van der Waals surface area contributed by atoms with E-state index in [4.69, 9.17) is 32.7 Å². The van der Waals surface area contributed by atoms with Crippen molar-refractivity contribution in [2.75, 3.05) is 18.5 Å². The topological polar surface area (TPSA) is 47.6 Å². The van der Waals surface area contributed by atoms with Crippen LogP contribution in [0.5, 0.6) is 11.5 Å². The van der Waals surface area contributed by atoms with Gasteiger partial charge in [0.15, 0.2) is 0 Å². The van der Waals surface area contributed by atoms with E-state index in [9.17, 15) is 4.79 Å². The van der Waals surface area contributed by atoms with Gasteiger partial charge in [-0.3, -0.25) is 4.79 Å². The Morgan fingerprint density at radius 2 is 1.52 bits per heavy atom. The van der Waals surface area contributed by atoms with E-state index in [2.05, 4.69) is 5.32 Å². The van der Waals surface area contributed by atoms with Gasteiger partial charge >= 0.3 is 0 Å². The predicted molar refractivity (Wildman–Crippen MR) is 108 cm³/mol. The van der Waals surface area contributed by atoms with Crippen LogP contribution >= 0.6 is 23.2 Å². The molecule has 0 radical (unpaired) electrons. The average Bonchev–Trinajstić information content (AvgIpc) is 2.68. The summed E-state index contributed by atoms with van der Waals surface area (Å²) in [7, 11) is 0. The number of para-hydroxylation sites is 1. The van der Waals surface area contributed by atoms with Gasteiger partial charge in [0, 0.05) is 10.6 Å². The third-order valence-corrected chi connectivity index (χ3v) is 4.19. The van der Waals surface area contributed by atoms with Gasteiger partial charge < -0.3 is 14.8 Å². The summed E-state index contributed by atoms with van der Waals surface area (Å²) < 4.78 is 11.2. The Balaban J connectivity index is 1.55. The first-order valence-corrected chi connectivity index (χ1v) is 9.04. The summed E-state index contributed by atoms with van der Waals surface area (Å²) in [6.45, 7) is 0.768. The third-order valence-electron chi connectivity index (χ3n) is 3.64. The van der Waals surface area contributed by atoms with Gasteiger partial charge in [-0.2, -0.15) is 0 Å². The maximum atomic E-state index is 12.4. The van der Waals surface area contributed by atoms with Crippen LogP contribution in [0.2, 0.25) is 10.0 Å². The molecule has 0 atom stereocenters. The Hall–Kier alpha value is -2.69. The molecule has 27 heavy (non-hydrogen) atoms. The molecule has 1 amide bonds. The predicted octanol–water partition coefficient (Wildman–Crippen LogP) is 5.70. The van der Waals surface area contributed by atoms with Crippen molar-refractivity contribution in [1.29, 1.82) is 0 Å². The molecule has 1 N–H and O–H groups in total. The van der Waals surface area contributed by atoms with Gasteiger partial charge in [-0.15, -0.1) is 0 Å². The van der Waals surface area contributed by atoms with Gasteiger partial charge in [0.05, 0.1) is 10.7 Å². The van der Waals surface area contributed by atoms with E-state index < -0.39 is 0 Å². The minimum absolute atomic E-state index is 0.287. The third kappa shape index (κ3) is 5.64. The Morgan fingerprint density at radius 1 is 0.815 bits per heavy atom. The zero-order chi connectivity index (χ0) is 19.1. The Kier molecular flexibility index (Phi) is 6.58. The fraction of sp³-hybridized carbons (Fsp3) is 0.0952. The highest BCUT2D eigenvalue weighted by molar-refractivity contribution is 6.36. The lowest BCUT2D eigenvalue weighted by Gasteiger charge is -2.10. The summed E-state index contributed by atoms with van der Waals surface area (Å²) in [6.07, 6.45) is 0. The van der Waals surface area contributed by atoms with Crippen LogP contribution in [0.1, 0.15) is 10.4 Å². The highest BCUT2D eigenvalue weighted by atomic mass is 35.5. The summed E-state index contributed by atoms with van der Waals surface area (Å²) in [5.74, 6) is 1.08. The maximum absolute atomic E-state index is 12.4. The zero-order valence-electron chi connectivity index (χ0n) is 14.3. The van der Waals surface area contributed by atoms with Crippen LogP contribution in [0.4, 0.5) is 5.69 Å². The van der Waals surface area contributed by atoms with Gasteiger partial charge in [-0.1, -0.05) is 47.5 Å². The summed E-state index contributed by atoms with van der Waals surface area (Å²) in [4.78, 5) is 12.4. The molecule has 0 aliphatic heterocycles. The molecule has 0 spiro atoms. The molecule has 6 heteroatoms. The van der Waals surface area contributed by atoms with Gasteiger partial charge in [-0.05, 0) is 48.5 Å². The molecule has 3 rings (SSSR count). The minimum Gasteiger partial charge on any atom is -0.490 e. The number of amides is 1. The quantitative estimate of drug-likeness (QED) is 0.516. The molecule has 0 aromatic heterocycles. The molecule has 0 aliphatic rings. The number of hydrogen-bond donors (Lipinski definition) is 1. The first-order valence-electron chi connectivity index (χ1n) is 8.29. The number of nitrogens with one attached hydrogen (secondary N) is 1. The molecule has 0 aliphatic carbocycles. The molecule has 0 bridgehead atoms. The lowest BCUT2D eigenvalue weighted by Crippen LogP contribution is -2.13. The van der Waals surface area contributed by atoms with Crippen molar-refractivity contribution >= 4 is 34.8 Å². The summed E-state index contributed by atoms with van der Waals surface area (Å²) in [5.41, 5.74) is 0.955. The maximum Gasteiger partial charge on any atom is 0.255 e. The van der Waals surface area contributed by atoms with Gasteiger partial charge in [0.1, 0.15) is 24.7 Å². The molecule has 0 saturated heterocycles. The van der Waals surface area contributed by atoms with E-state index >= 15 is 0 Å². The number of carbonyl (C=O) groups is 1. The largest absolute Gasteiger partial charge is 0.490 e. The zero-order valence-corrected chi connectivity index (χ0v) is 15.8. The first kappa shape index (κ1) is 19.1.